The summed E-state index contributed by atoms with van der Waals surface area (Å²) >= 11 is 0. The second kappa shape index (κ2) is 9.90. The molecule has 0 aliphatic carbocycles. The Morgan fingerprint density at radius 3 is 2.56 bits per heavy atom. The standard InChI is InChI=1S/C26H25FN4O5/c1-35-19-11-9-18(10-12-19)22-14-21(17-6-3-2-4-7-17)28-31(22)23(32)16-30-25(33)20(27)15-29(26(30)34)24-8-5-13-36-24/h2-4,6-7,9-12,15,22,24H,5,8,13-14,16H2,1H3. The molecule has 3 heterocycles. The van der Waals surface area contributed by atoms with Crippen molar-refractivity contribution in [3.8, 4) is 5.75 Å². The number of carbonyl (C=O) groups excluding carboxylic acids is 1. The molecule has 0 radical (unpaired) electrons. The van der Waals surface area contributed by atoms with Crippen LogP contribution in [0.4, 0.5) is 4.39 Å². The predicted octanol–water partition coefficient (Wildman–Crippen LogP) is 2.84. The fraction of sp³-hybridized carbons (Fsp3) is 0.308. The molecule has 2 aliphatic rings. The van der Waals surface area contributed by atoms with Gasteiger partial charge in [0.1, 0.15) is 18.5 Å². The van der Waals surface area contributed by atoms with Crippen molar-refractivity contribution in [2.24, 2.45) is 5.10 Å². The van der Waals surface area contributed by atoms with E-state index < -0.39 is 41.8 Å². The highest BCUT2D eigenvalue weighted by molar-refractivity contribution is 6.03. The summed E-state index contributed by atoms with van der Waals surface area (Å²) in [5.74, 6) is -1.07. The Morgan fingerprint density at radius 2 is 1.89 bits per heavy atom. The second-order valence-corrected chi connectivity index (χ2v) is 8.67. The van der Waals surface area contributed by atoms with Gasteiger partial charge in [0.05, 0.1) is 25.1 Å². The minimum atomic E-state index is -1.16. The van der Waals surface area contributed by atoms with Gasteiger partial charge < -0.3 is 9.47 Å². The van der Waals surface area contributed by atoms with Crippen LogP contribution in [0.5, 0.6) is 5.75 Å². The van der Waals surface area contributed by atoms with Crippen molar-refractivity contribution in [3.05, 3.63) is 98.6 Å². The summed E-state index contributed by atoms with van der Waals surface area (Å²) in [6, 6.07) is 16.2. The van der Waals surface area contributed by atoms with E-state index in [4.69, 9.17) is 9.47 Å². The number of ether oxygens (including phenoxy) is 2. The predicted molar refractivity (Wildman–Crippen MR) is 129 cm³/mol. The quantitative estimate of drug-likeness (QED) is 0.528. The molecular weight excluding hydrogens is 467 g/mol. The van der Waals surface area contributed by atoms with Gasteiger partial charge in [-0.3, -0.25) is 14.2 Å². The molecule has 186 valence electrons. The lowest BCUT2D eigenvalue weighted by Crippen LogP contribution is -2.45. The zero-order valence-electron chi connectivity index (χ0n) is 19.7. The third kappa shape index (κ3) is 4.47. The SMILES string of the molecule is COc1ccc(C2CC(c3ccccc3)=NN2C(=O)Cn2c(=O)c(F)cn(C3CCCO3)c2=O)cc1. The average molecular weight is 493 g/mol. The molecule has 2 aliphatic heterocycles. The lowest BCUT2D eigenvalue weighted by Gasteiger charge is -2.23. The number of benzene rings is 2. The molecule has 1 amide bonds. The molecule has 10 heteroatoms. The van der Waals surface area contributed by atoms with Crippen LogP contribution in [0, 0.1) is 5.82 Å². The van der Waals surface area contributed by atoms with Crippen molar-refractivity contribution in [1.82, 2.24) is 14.1 Å². The first-order valence-electron chi connectivity index (χ1n) is 11.7. The molecule has 0 saturated carbocycles. The topological polar surface area (TPSA) is 95.1 Å². The lowest BCUT2D eigenvalue weighted by atomic mass is 9.98. The van der Waals surface area contributed by atoms with E-state index in [1.54, 1.807) is 19.2 Å². The minimum Gasteiger partial charge on any atom is -0.497 e. The Balaban J connectivity index is 1.50. The smallest absolute Gasteiger partial charge is 0.333 e. The van der Waals surface area contributed by atoms with Crippen molar-refractivity contribution in [2.75, 3.05) is 13.7 Å². The molecule has 9 nitrogen and oxygen atoms in total. The van der Waals surface area contributed by atoms with Crippen LogP contribution in [0.25, 0.3) is 0 Å². The summed E-state index contributed by atoms with van der Waals surface area (Å²) in [4.78, 5) is 39.1. The van der Waals surface area contributed by atoms with Crippen LogP contribution >= 0.6 is 0 Å². The molecule has 2 atom stereocenters. The summed E-state index contributed by atoms with van der Waals surface area (Å²) < 4.78 is 26.9. The number of hydrogen-bond acceptors (Lipinski definition) is 6. The van der Waals surface area contributed by atoms with Crippen molar-refractivity contribution in [3.63, 3.8) is 0 Å². The van der Waals surface area contributed by atoms with E-state index in [0.29, 0.717) is 41.9 Å². The van der Waals surface area contributed by atoms with Gasteiger partial charge in [0, 0.05) is 13.0 Å². The highest BCUT2D eigenvalue weighted by Gasteiger charge is 2.34. The molecule has 5 rings (SSSR count). The maximum Gasteiger partial charge on any atom is 0.333 e. The monoisotopic (exact) mass is 492 g/mol. The molecule has 0 N–H and O–H groups in total. The number of nitrogens with zero attached hydrogens (tertiary/aromatic N) is 4. The molecule has 1 aromatic heterocycles. The molecule has 2 aromatic carbocycles. The van der Waals surface area contributed by atoms with E-state index in [2.05, 4.69) is 5.10 Å². The third-order valence-corrected chi connectivity index (χ3v) is 6.44. The van der Waals surface area contributed by atoms with E-state index in [9.17, 15) is 18.8 Å². The Labute approximate surface area is 206 Å². The maximum absolute atomic E-state index is 14.5. The number of carbonyl (C=O) groups is 1. The van der Waals surface area contributed by atoms with Gasteiger partial charge in [-0.05, 0) is 36.1 Å². The second-order valence-electron chi connectivity index (χ2n) is 8.67. The summed E-state index contributed by atoms with van der Waals surface area (Å²) in [6.07, 6.45) is 1.84. The van der Waals surface area contributed by atoms with Crippen molar-refractivity contribution >= 4 is 11.6 Å². The van der Waals surface area contributed by atoms with Gasteiger partial charge in [0.15, 0.2) is 0 Å². The Kier molecular flexibility index (Phi) is 6.51. The van der Waals surface area contributed by atoms with Crippen LogP contribution in [-0.4, -0.2) is 39.5 Å². The fourth-order valence-electron chi connectivity index (χ4n) is 4.55. The molecule has 0 spiro atoms. The lowest BCUT2D eigenvalue weighted by molar-refractivity contribution is -0.133. The third-order valence-electron chi connectivity index (χ3n) is 6.44. The van der Waals surface area contributed by atoms with E-state index >= 15 is 0 Å². The van der Waals surface area contributed by atoms with Crippen LogP contribution in [0.2, 0.25) is 0 Å². The van der Waals surface area contributed by atoms with Gasteiger partial charge in [-0.2, -0.15) is 9.49 Å². The van der Waals surface area contributed by atoms with Gasteiger partial charge >= 0.3 is 5.69 Å². The first kappa shape index (κ1) is 23.7. The number of hydrogen-bond donors (Lipinski definition) is 0. The Hall–Kier alpha value is -4.05. The summed E-state index contributed by atoms with van der Waals surface area (Å²) in [6.45, 7) is -0.217. The normalized spacial score (nSPS) is 19.4. The van der Waals surface area contributed by atoms with Crippen LogP contribution in [-0.2, 0) is 16.1 Å². The van der Waals surface area contributed by atoms with Crippen molar-refractivity contribution in [1.29, 1.82) is 0 Å². The van der Waals surface area contributed by atoms with Gasteiger partial charge in [0.2, 0.25) is 5.82 Å². The van der Waals surface area contributed by atoms with Gasteiger partial charge in [-0.1, -0.05) is 42.5 Å². The van der Waals surface area contributed by atoms with Gasteiger partial charge in [0.25, 0.3) is 11.5 Å². The van der Waals surface area contributed by atoms with Crippen LogP contribution in [0.15, 0.2) is 75.5 Å². The van der Waals surface area contributed by atoms with Crippen molar-refractivity contribution < 1.29 is 18.7 Å². The maximum atomic E-state index is 14.5. The molecule has 3 aromatic rings. The zero-order valence-corrected chi connectivity index (χ0v) is 19.7. The molecule has 1 saturated heterocycles. The number of amides is 1. The fourth-order valence-corrected chi connectivity index (χ4v) is 4.55. The number of rotatable bonds is 6. The summed E-state index contributed by atoms with van der Waals surface area (Å²) in [5, 5.41) is 5.84. The average Bonchev–Trinajstić information content (AvgIpc) is 3.60. The molecule has 2 unspecified atom stereocenters. The van der Waals surface area contributed by atoms with E-state index in [1.165, 1.54) is 5.01 Å². The first-order chi connectivity index (χ1) is 17.5. The van der Waals surface area contributed by atoms with E-state index in [0.717, 1.165) is 21.9 Å². The Morgan fingerprint density at radius 1 is 1.14 bits per heavy atom. The summed E-state index contributed by atoms with van der Waals surface area (Å²) in [5.41, 5.74) is 0.398. The molecular formula is C26H25FN4O5. The van der Waals surface area contributed by atoms with Crippen LogP contribution in [0.3, 0.4) is 0 Å². The van der Waals surface area contributed by atoms with Crippen molar-refractivity contribution in [2.45, 2.75) is 38.1 Å². The molecule has 36 heavy (non-hydrogen) atoms. The Bertz CT molecular complexity index is 1410. The van der Waals surface area contributed by atoms with E-state index in [-0.39, 0.29) is 0 Å². The highest BCUT2D eigenvalue weighted by Crippen LogP contribution is 2.33. The number of methoxy groups -OCH3 is 1. The molecule has 1 fully saturated rings. The number of hydrazone groups is 1. The first-order valence-corrected chi connectivity index (χ1v) is 11.7. The largest absolute Gasteiger partial charge is 0.497 e. The number of aromatic nitrogens is 2. The van der Waals surface area contributed by atoms with E-state index in [1.807, 2.05) is 42.5 Å². The van der Waals surface area contributed by atoms with Crippen LogP contribution in [0.1, 0.15) is 42.7 Å². The number of halogens is 1. The van der Waals surface area contributed by atoms with Gasteiger partial charge in [-0.15, -0.1) is 0 Å². The summed E-state index contributed by atoms with van der Waals surface area (Å²) in [7, 11) is 1.57. The van der Waals surface area contributed by atoms with Crippen LogP contribution < -0.4 is 16.0 Å². The highest BCUT2D eigenvalue weighted by atomic mass is 19.1. The molecule has 0 bridgehead atoms. The van der Waals surface area contributed by atoms with Gasteiger partial charge in [-0.25, -0.2) is 14.4 Å². The zero-order chi connectivity index (χ0) is 25.2. The minimum absolute atomic E-state index is 0.431.